The second-order valence-electron chi connectivity index (χ2n) is 3.71. The van der Waals surface area contributed by atoms with Gasteiger partial charge >= 0.3 is 5.97 Å². The summed E-state index contributed by atoms with van der Waals surface area (Å²) in [5.74, 6) is -4.46. The summed E-state index contributed by atoms with van der Waals surface area (Å²) in [6.07, 6.45) is 0. The van der Waals surface area contributed by atoms with Crippen LogP contribution in [0.2, 0.25) is 5.02 Å². The molecule has 0 fully saturated rings. The third-order valence-corrected chi connectivity index (χ3v) is 4.96. The molecule has 0 spiro atoms. The number of carboxylic acid groups (broad SMARTS) is 1. The largest absolute Gasteiger partial charge is 0.480 e. The van der Waals surface area contributed by atoms with Crippen LogP contribution < -0.4 is 0 Å². The highest BCUT2D eigenvalue weighted by Crippen LogP contribution is 2.29. The molecule has 0 amide bonds. The molecule has 9 heteroatoms. The van der Waals surface area contributed by atoms with Gasteiger partial charge in [0.1, 0.15) is 10.9 Å². The number of hydrogen-bond acceptors (Lipinski definition) is 3. The predicted octanol–water partition coefficient (Wildman–Crippen LogP) is 1.71. The van der Waals surface area contributed by atoms with E-state index in [0.29, 0.717) is 10.4 Å². The lowest BCUT2D eigenvalue weighted by Crippen LogP contribution is -2.40. The van der Waals surface area contributed by atoms with Crippen molar-refractivity contribution >= 4 is 27.6 Å². The summed E-state index contributed by atoms with van der Waals surface area (Å²) in [5, 5.41) is 8.22. The van der Waals surface area contributed by atoms with E-state index >= 15 is 0 Å². The Morgan fingerprint density at radius 1 is 1.42 bits per heavy atom. The van der Waals surface area contributed by atoms with Crippen molar-refractivity contribution in [1.29, 1.82) is 0 Å². The highest BCUT2D eigenvalue weighted by atomic mass is 35.5. The fourth-order valence-corrected chi connectivity index (χ4v) is 3.12. The van der Waals surface area contributed by atoms with Gasteiger partial charge in [0.2, 0.25) is 10.0 Å². The van der Waals surface area contributed by atoms with E-state index in [4.69, 9.17) is 16.7 Å². The van der Waals surface area contributed by atoms with Crippen LogP contribution >= 0.6 is 11.6 Å². The van der Waals surface area contributed by atoms with E-state index in [1.807, 2.05) is 0 Å². The van der Waals surface area contributed by atoms with E-state index in [0.717, 1.165) is 20.0 Å². The molecule has 1 aromatic carbocycles. The maximum Gasteiger partial charge on any atom is 0.321 e. The van der Waals surface area contributed by atoms with Gasteiger partial charge in [0.25, 0.3) is 0 Å². The molecule has 0 heterocycles. The molecule has 1 atom stereocenters. The fraction of sp³-hybridized carbons (Fsp3) is 0.300. The van der Waals surface area contributed by atoms with Gasteiger partial charge in [-0.05, 0) is 19.1 Å². The first-order chi connectivity index (χ1) is 8.60. The van der Waals surface area contributed by atoms with Gasteiger partial charge in [-0.3, -0.25) is 4.79 Å². The van der Waals surface area contributed by atoms with Crippen LogP contribution in [0.15, 0.2) is 17.0 Å². The van der Waals surface area contributed by atoms with Crippen molar-refractivity contribution in [2.45, 2.75) is 17.9 Å². The lowest BCUT2D eigenvalue weighted by atomic mass is 10.3. The zero-order valence-electron chi connectivity index (χ0n) is 9.89. The molecule has 1 aromatic rings. The molecule has 5 nitrogen and oxygen atoms in total. The van der Waals surface area contributed by atoms with E-state index in [2.05, 4.69) is 0 Å². The van der Waals surface area contributed by atoms with E-state index in [1.54, 1.807) is 0 Å². The molecular weight excluding hydrogens is 304 g/mol. The van der Waals surface area contributed by atoms with Gasteiger partial charge in [-0.1, -0.05) is 11.6 Å². The van der Waals surface area contributed by atoms with E-state index in [-0.39, 0.29) is 0 Å². The fourth-order valence-electron chi connectivity index (χ4n) is 1.25. The summed E-state index contributed by atoms with van der Waals surface area (Å²) >= 11 is 5.55. The van der Waals surface area contributed by atoms with Crippen molar-refractivity contribution in [3.05, 3.63) is 28.8 Å². The Labute approximate surface area is 113 Å². The van der Waals surface area contributed by atoms with Crippen LogP contribution in [-0.4, -0.2) is 36.9 Å². The minimum Gasteiger partial charge on any atom is -0.480 e. The number of sulfonamides is 1. The summed E-state index contributed by atoms with van der Waals surface area (Å²) in [5.41, 5.74) is 0. The minimum atomic E-state index is -4.56. The quantitative estimate of drug-likeness (QED) is 0.859. The Balaban J connectivity index is 3.44. The molecule has 0 saturated heterocycles. The molecule has 19 heavy (non-hydrogen) atoms. The number of likely N-dealkylation sites (N-methyl/N-ethyl adjacent to an activating group) is 1. The van der Waals surface area contributed by atoms with Gasteiger partial charge in [0.15, 0.2) is 11.6 Å². The molecular formula is C10H10ClF2NO4S. The lowest BCUT2D eigenvalue weighted by Gasteiger charge is -2.21. The molecule has 0 aliphatic rings. The summed E-state index contributed by atoms with van der Waals surface area (Å²) in [6, 6.07) is 0.104. The Morgan fingerprint density at radius 3 is 2.42 bits per heavy atom. The number of benzene rings is 1. The monoisotopic (exact) mass is 313 g/mol. The summed E-state index contributed by atoms with van der Waals surface area (Å²) < 4.78 is 51.1. The minimum absolute atomic E-state index is 0.402. The average molecular weight is 314 g/mol. The molecule has 0 aromatic heterocycles. The smallest absolute Gasteiger partial charge is 0.321 e. The summed E-state index contributed by atoms with van der Waals surface area (Å²) in [6.45, 7) is 1.09. The first-order valence-corrected chi connectivity index (χ1v) is 6.76. The van der Waals surface area contributed by atoms with Crippen LogP contribution in [0.25, 0.3) is 0 Å². The number of rotatable bonds is 4. The van der Waals surface area contributed by atoms with Crippen LogP contribution in [0.3, 0.4) is 0 Å². The van der Waals surface area contributed by atoms with Crippen LogP contribution in [0, 0.1) is 11.6 Å². The van der Waals surface area contributed by atoms with E-state index in [1.165, 1.54) is 0 Å². The third kappa shape index (κ3) is 2.85. The Morgan fingerprint density at radius 2 is 1.95 bits per heavy atom. The molecule has 1 rings (SSSR count). The van der Waals surface area contributed by atoms with Crippen LogP contribution in [-0.2, 0) is 14.8 Å². The maximum atomic E-state index is 13.6. The molecule has 0 bridgehead atoms. The van der Waals surface area contributed by atoms with Gasteiger partial charge in [0.05, 0.1) is 5.02 Å². The number of carbonyl (C=O) groups is 1. The number of hydrogen-bond donors (Lipinski definition) is 1. The topological polar surface area (TPSA) is 74.7 Å². The Kier molecular flexibility index (Phi) is 4.49. The molecule has 0 aliphatic carbocycles. The molecule has 0 saturated carbocycles. The van der Waals surface area contributed by atoms with Crippen molar-refractivity contribution in [2.24, 2.45) is 0 Å². The molecule has 0 aliphatic heterocycles. The van der Waals surface area contributed by atoms with E-state index < -0.39 is 43.6 Å². The zero-order valence-corrected chi connectivity index (χ0v) is 11.5. The second kappa shape index (κ2) is 5.40. The summed E-state index contributed by atoms with van der Waals surface area (Å²) in [4.78, 5) is 9.67. The molecule has 1 N–H and O–H groups in total. The standard InChI is InChI=1S/C10H10ClF2NO4S/c1-5(10(15)16)14(2)19(17,18)9-6(11)3-4-7(12)8(9)13/h3-5H,1-2H3,(H,15,16). The average Bonchev–Trinajstić information content (AvgIpc) is 2.32. The van der Waals surface area contributed by atoms with Crippen molar-refractivity contribution in [3.8, 4) is 0 Å². The van der Waals surface area contributed by atoms with Crippen molar-refractivity contribution < 1.29 is 27.1 Å². The van der Waals surface area contributed by atoms with Crippen molar-refractivity contribution in [2.75, 3.05) is 7.05 Å². The molecule has 0 radical (unpaired) electrons. The van der Waals surface area contributed by atoms with Crippen molar-refractivity contribution in [1.82, 2.24) is 4.31 Å². The molecule has 1 unspecified atom stereocenters. The third-order valence-electron chi connectivity index (χ3n) is 2.54. The number of nitrogens with zero attached hydrogens (tertiary/aromatic N) is 1. The van der Waals surface area contributed by atoms with Gasteiger partial charge in [-0.25, -0.2) is 17.2 Å². The lowest BCUT2D eigenvalue weighted by molar-refractivity contribution is -0.140. The van der Waals surface area contributed by atoms with Gasteiger partial charge in [-0.15, -0.1) is 0 Å². The number of aliphatic carboxylic acids is 1. The SMILES string of the molecule is CC(C(=O)O)N(C)S(=O)(=O)c1c(Cl)ccc(F)c1F. The first kappa shape index (κ1) is 15.8. The van der Waals surface area contributed by atoms with Gasteiger partial charge < -0.3 is 5.11 Å². The second-order valence-corrected chi connectivity index (χ2v) is 6.05. The highest BCUT2D eigenvalue weighted by molar-refractivity contribution is 7.89. The zero-order chi connectivity index (χ0) is 15.0. The summed E-state index contributed by atoms with van der Waals surface area (Å²) in [7, 11) is -3.62. The normalized spacial score (nSPS) is 13.6. The first-order valence-electron chi connectivity index (χ1n) is 4.95. The predicted molar refractivity (Wildman–Crippen MR) is 63.4 cm³/mol. The number of carboxylic acids is 1. The van der Waals surface area contributed by atoms with Gasteiger partial charge in [-0.2, -0.15) is 4.31 Å². The number of halogens is 3. The van der Waals surface area contributed by atoms with Gasteiger partial charge in [0, 0.05) is 7.05 Å². The van der Waals surface area contributed by atoms with Crippen molar-refractivity contribution in [3.63, 3.8) is 0 Å². The Hall–Kier alpha value is -1.25. The molecule has 106 valence electrons. The van der Waals surface area contributed by atoms with Crippen LogP contribution in [0.5, 0.6) is 0 Å². The highest BCUT2D eigenvalue weighted by Gasteiger charge is 2.34. The van der Waals surface area contributed by atoms with Crippen LogP contribution in [0.4, 0.5) is 8.78 Å². The maximum absolute atomic E-state index is 13.6. The Bertz CT molecular complexity index is 620. The van der Waals surface area contributed by atoms with E-state index in [9.17, 15) is 22.0 Å². The van der Waals surface area contributed by atoms with Crippen LogP contribution in [0.1, 0.15) is 6.92 Å².